The average molecular weight is 281 g/mol. The van der Waals surface area contributed by atoms with E-state index in [-0.39, 0.29) is 11.9 Å². The number of carbonyl (C=O) groups is 1. The van der Waals surface area contributed by atoms with Gasteiger partial charge in [-0.05, 0) is 25.8 Å². The number of H-pyrrole nitrogens is 1. The third-order valence-corrected chi connectivity index (χ3v) is 3.98. The van der Waals surface area contributed by atoms with E-state index in [1.54, 1.807) is 0 Å². The second-order valence-electron chi connectivity index (χ2n) is 5.36. The van der Waals surface area contributed by atoms with Gasteiger partial charge in [-0.2, -0.15) is 0 Å². The minimum Gasteiger partial charge on any atom is -0.344 e. The summed E-state index contributed by atoms with van der Waals surface area (Å²) >= 11 is 0. The van der Waals surface area contributed by atoms with Crippen LogP contribution in [0, 0.1) is 6.92 Å². The Hall–Kier alpha value is -2.36. The molecule has 0 aliphatic carbocycles. The molecular weight excluding hydrogens is 262 g/mol. The third kappa shape index (κ3) is 2.49. The van der Waals surface area contributed by atoms with Gasteiger partial charge in [-0.3, -0.25) is 4.79 Å². The number of aromatic amines is 1. The number of hydrogen-bond acceptors (Lipinski definition) is 2. The van der Waals surface area contributed by atoms with Crippen molar-refractivity contribution < 1.29 is 4.79 Å². The normalized spacial score (nSPS) is 18.0. The SMILES string of the molecule is C=CC(=O)N1CCCC1c1nc(-c2ccccc2)c(C)[nH]1. The third-order valence-electron chi connectivity index (χ3n) is 3.98. The van der Waals surface area contributed by atoms with Crippen LogP contribution in [0.3, 0.4) is 0 Å². The lowest BCUT2D eigenvalue weighted by atomic mass is 10.1. The Morgan fingerprint density at radius 2 is 2.19 bits per heavy atom. The van der Waals surface area contributed by atoms with Gasteiger partial charge in [-0.25, -0.2) is 4.98 Å². The van der Waals surface area contributed by atoms with Gasteiger partial charge < -0.3 is 9.88 Å². The molecule has 21 heavy (non-hydrogen) atoms. The molecule has 2 aromatic rings. The first kappa shape index (κ1) is 13.6. The molecule has 1 atom stereocenters. The van der Waals surface area contributed by atoms with Crippen LogP contribution in [0.25, 0.3) is 11.3 Å². The highest BCUT2D eigenvalue weighted by Gasteiger charge is 2.31. The number of amides is 1. The molecule has 3 rings (SSSR count). The fourth-order valence-electron chi connectivity index (χ4n) is 2.95. The Bertz CT molecular complexity index is 660. The molecule has 1 aromatic carbocycles. The van der Waals surface area contributed by atoms with Crippen molar-refractivity contribution in [2.45, 2.75) is 25.8 Å². The number of hydrogen-bond donors (Lipinski definition) is 1. The maximum absolute atomic E-state index is 11.9. The van der Waals surface area contributed by atoms with Crippen molar-refractivity contribution in [3.05, 3.63) is 54.5 Å². The standard InChI is InChI=1S/C17H19N3O/c1-3-15(21)20-11-7-10-14(20)17-18-12(2)16(19-17)13-8-5-4-6-9-13/h3-6,8-9,14H,1,7,10-11H2,2H3,(H,18,19). The molecule has 0 saturated carbocycles. The summed E-state index contributed by atoms with van der Waals surface area (Å²) in [4.78, 5) is 21.9. The number of nitrogens with one attached hydrogen (secondary N) is 1. The summed E-state index contributed by atoms with van der Waals surface area (Å²) in [6.45, 7) is 6.38. The van der Waals surface area contributed by atoms with Crippen molar-refractivity contribution in [1.82, 2.24) is 14.9 Å². The number of imidazole rings is 1. The fraction of sp³-hybridized carbons (Fsp3) is 0.294. The molecule has 2 heterocycles. The van der Waals surface area contributed by atoms with Crippen molar-refractivity contribution in [2.24, 2.45) is 0 Å². The molecule has 1 saturated heterocycles. The summed E-state index contributed by atoms with van der Waals surface area (Å²) in [6, 6.07) is 10.1. The topological polar surface area (TPSA) is 49.0 Å². The van der Waals surface area contributed by atoms with Gasteiger partial charge in [-0.1, -0.05) is 36.9 Å². The van der Waals surface area contributed by atoms with Crippen molar-refractivity contribution in [2.75, 3.05) is 6.54 Å². The Kier molecular flexibility index (Phi) is 3.60. The predicted molar refractivity (Wildman–Crippen MR) is 82.6 cm³/mol. The molecule has 0 spiro atoms. The van der Waals surface area contributed by atoms with Gasteiger partial charge in [0.05, 0.1) is 11.7 Å². The number of nitrogens with zero attached hydrogens (tertiary/aromatic N) is 2. The second kappa shape index (κ2) is 5.56. The van der Waals surface area contributed by atoms with Crippen LogP contribution in [0.1, 0.15) is 30.4 Å². The zero-order valence-corrected chi connectivity index (χ0v) is 12.2. The van der Waals surface area contributed by atoms with Gasteiger partial charge in [0.15, 0.2) is 0 Å². The monoisotopic (exact) mass is 281 g/mol. The first-order valence-electron chi connectivity index (χ1n) is 7.25. The molecule has 1 N–H and O–H groups in total. The van der Waals surface area contributed by atoms with E-state index in [9.17, 15) is 4.79 Å². The second-order valence-corrected chi connectivity index (χ2v) is 5.36. The van der Waals surface area contributed by atoms with E-state index < -0.39 is 0 Å². The molecule has 108 valence electrons. The van der Waals surface area contributed by atoms with Crippen molar-refractivity contribution in [1.29, 1.82) is 0 Å². The number of benzene rings is 1. The van der Waals surface area contributed by atoms with Crippen molar-refractivity contribution in [3.8, 4) is 11.3 Å². The Morgan fingerprint density at radius 1 is 1.43 bits per heavy atom. The number of likely N-dealkylation sites (tertiary alicyclic amines) is 1. The number of aromatic nitrogens is 2. The molecule has 1 aliphatic rings. The zero-order chi connectivity index (χ0) is 14.8. The predicted octanol–water partition coefficient (Wildman–Crippen LogP) is 3.23. The summed E-state index contributed by atoms with van der Waals surface area (Å²) in [7, 11) is 0. The van der Waals surface area contributed by atoms with E-state index in [4.69, 9.17) is 4.98 Å². The van der Waals surface area contributed by atoms with E-state index >= 15 is 0 Å². The van der Waals surface area contributed by atoms with Crippen LogP contribution in [0.5, 0.6) is 0 Å². The highest BCUT2D eigenvalue weighted by molar-refractivity contribution is 5.87. The lowest BCUT2D eigenvalue weighted by Crippen LogP contribution is -2.29. The highest BCUT2D eigenvalue weighted by Crippen LogP contribution is 2.32. The molecule has 1 aromatic heterocycles. The Labute approximate surface area is 124 Å². The van der Waals surface area contributed by atoms with E-state index in [0.29, 0.717) is 0 Å². The van der Waals surface area contributed by atoms with Gasteiger partial charge in [0.2, 0.25) is 5.91 Å². The largest absolute Gasteiger partial charge is 0.344 e. The molecule has 4 nitrogen and oxygen atoms in total. The average Bonchev–Trinajstić information content (AvgIpc) is 3.13. The molecule has 4 heteroatoms. The Balaban J connectivity index is 1.94. The summed E-state index contributed by atoms with van der Waals surface area (Å²) in [6.07, 6.45) is 3.33. The number of carbonyl (C=O) groups excluding carboxylic acids is 1. The van der Waals surface area contributed by atoms with Crippen LogP contribution in [0.15, 0.2) is 43.0 Å². The Morgan fingerprint density at radius 3 is 2.90 bits per heavy atom. The quantitative estimate of drug-likeness (QED) is 0.878. The molecule has 1 aliphatic heterocycles. The van der Waals surface area contributed by atoms with E-state index in [0.717, 1.165) is 42.2 Å². The van der Waals surface area contributed by atoms with Crippen LogP contribution in [-0.4, -0.2) is 27.3 Å². The smallest absolute Gasteiger partial charge is 0.246 e. The fourth-order valence-corrected chi connectivity index (χ4v) is 2.95. The summed E-state index contributed by atoms with van der Waals surface area (Å²) in [5.41, 5.74) is 3.09. The van der Waals surface area contributed by atoms with E-state index in [1.807, 2.05) is 42.2 Å². The molecule has 0 radical (unpaired) electrons. The summed E-state index contributed by atoms with van der Waals surface area (Å²) in [5, 5.41) is 0. The first-order chi connectivity index (χ1) is 10.2. The van der Waals surface area contributed by atoms with Crippen molar-refractivity contribution in [3.63, 3.8) is 0 Å². The lowest BCUT2D eigenvalue weighted by Gasteiger charge is -2.21. The van der Waals surface area contributed by atoms with Gasteiger partial charge in [0.25, 0.3) is 0 Å². The minimum absolute atomic E-state index is 0.0205. The molecule has 1 fully saturated rings. The maximum atomic E-state index is 11.9. The molecule has 0 bridgehead atoms. The molecule has 1 amide bonds. The van der Waals surface area contributed by atoms with E-state index in [2.05, 4.69) is 11.6 Å². The first-order valence-corrected chi connectivity index (χ1v) is 7.25. The highest BCUT2D eigenvalue weighted by atomic mass is 16.2. The van der Waals surface area contributed by atoms with Gasteiger partial charge >= 0.3 is 0 Å². The lowest BCUT2D eigenvalue weighted by molar-refractivity contribution is -0.127. The van der Waals surface area contributed by atoms with Gasteiger partial charge in [0, 0.05) is 17.8 Å². The van der Waals surface area contributed by atoms with Crippen LogP contribution in [0.4, 0.5) is 0 Å². The van der Waals surface area contributed by atoms with Crippen molar-refractivity contribution >= 4 is 5.91 Å². The molecule has 1 unspecified atom stereocenters. The van der Waals surface area contributed by atoms with Crippen LogP contribution >= 0.6 is 0 Å². The van der Waals surface area contributed by atoms with Gasteiger partial charge in [-0.15, -0.1) is 0 Å². The summed E-state index contributed by atoms with van der Waals surface area (Å²) in [5.74, 6) is 0.854. The maximum Gasteiger partial charge on any atom is 0.246 e. The van der Waals surface area contributed by atoms with Gasteiger partial charge in [0.1, 0.15) is 5.82 Å². The van der Waals surface area contributed by atoms with Crippen LogP contribution in [0.2, 0.25) is 0 Å². The number of rotatable bonds is 3. The number of aryl methyl sites for hydroxylation is 1. The zero-order valence-electron chi connectivity index (χ0n) is 12.2. The molecular formula is C17H19N3O. The van der Waals surface area contributed by atoms with Crippen LogP contribution in [-0.2, 0) is 4.79 Å². The minimum atomic E-state index is -0.0205. The summed E-state index contributed by atoms with van der Waals surface area (Å²) < 4.78 is 0. The van der Waals surface area contributed by atoms with Crippen LogP contribution < -0.4 is 0 Å². The van der Waals surface area contributed by atoms with E-state index in [1.165, 1.54) is 6.08 Å².